The van der Waals surface area contributed by atoms with Gasteiger partial charge >= 0.3 is 5.63 Å². The van der Waals surface area contributed by atoms with Gasteiger partial charge in [0.05, 0.1) is 5.39 Å². The van der Waals surface area contributed by atoms with E-state index in [-0.39, 0.29) is 11.3 Å². The molecule has 1 aromatic heterocycles. The zero-order chi connectivity index (χ0) is 15.1. The Hall–Kier alpha value is -2.95. The van der Waals surface area contributed by atoms with Crippen LogP contribution >= 0.6 is 0 Å². The van der Waals surface area contributed by atoms with E-state index in [2.05, 4.69) is 0 Å². The summed E-state index contributed by atoms with van der Waals surface area (Å²) in [5.74, 6) is 1.08. The van der Waals surface area contributed by atoms with Crippen LogP contribution in [0.25, 0.3) is 22.1 Å². The second-order valence-corrected chi connectivity index (χ2v) is 4.97. The predicted molar refractivity (Wildman–Crippen MR) is 80.6 cm³/mol. The zero-order valence-electron chi connectivity index (χ0n) is 11.5. The van der Waals surface area contributed by atoms with E-state index in [1.54, 1.807) is 42.5 Å². The van der Waals surface area contributed by atoms with Crippen molar-refractivity contribution in [1.82, 2.24) is 0 Å². The number of para-hydroxylation sites is 1. The Bertz CT molecular complexity index is 926. The minimum Gasteiger partial charge on any atom is -0.506 e. The summed E-state index contributed by atoms with van der Waals surface area (Å²) in [7, 11) is 0. The van der Waals surface area contributed by atoms with E-state index in [4.69, 9.17) is 13.9 Å². The summed E-state index contributed by atoms with van der Waals surface area (Å²) < 4.78 is 16.3. The fourth-order valence-corrected chi connectivity index (χ4v) is 2.59. The molecule has 0 fully saturated rings. The van der Waals surface area contributed by atoms with Crippen LogP contribution in [0.15, 0.2) is 51.7 Å². The van der Waals surface area contributed by atoms with Crippen LogP contribution in [0.3, 0.4) is 0 Å². The molecule has 5 nitrogen and oxygen atoms in total. The predicted octanol–water partition coefficient (Wildman–Crippen LogP) is 2.94. The molecule has 0 radical (unpaired) electrons. The fraction of sp³-hybridized carbons (Fsp3) is 0.118. The van der Waals surface area contributed by atoms with Gasteiger partial charge in [0.15, 0.2) is 11.5 Å². The van der Waals surface area contributed by atoms with Crippen molar-refractivity contribution in [3.8, 4) is 28.4 Å². The van der Waals surface area contributed by atoms with Gasteiger partial charge in [-0.2, -0.15) is 0 Å². The van der Waals surface area contributed by atoms with Gasteiger partial charge in [0.1, 0.15) is 30.1 Å². The first kappa shape index (κ1) is 12.8. The van der Waals surface area contributed by atoms with Crippen LogP contribution in [-0.2, 0) is 0 Å². The molecule has 5 heteroatoms. The summed E-state index contributed by atoms with van der Waals surface area (Å²) in [6, 6.07) is 12.0. The largest absolute Gasteiger partial charge is 0.506 e. The number of rotatable bonds is 1. The summed E-state index contributed by atoms with van der Waals surface area (Å²) in [6.07, 6.45) is 0. The number of benzene rings is 2. The molecule has 0 atom stereocenters. The number of ether oxygens (including phenoxy) is 2. The minimum atomic E-state index is -0.590. The average Bonchev–Trinajstić information content (AvgIpc) is 2.55. The van der Waals surface area contributed by atoms with E-state index in [9.17, 15) is 9.90 Å². The van der Waals surface area contributed by atoms with Crippen LogP contribution < -0.4 is 15.1 Å². The number of hydrogen-bond acceptors (Lipinski definition) is 5. The van der Waals surface area contributed by atoms with Crippen molar-refractivity contribution >= 4 is 11.0 Å². The second-order valence-electron chi connectivity index (χ2n) is 4.97. The monoisotopic (exact) mass is 296 g/mol. The lowest BCUT2D eigenvalue weighted by molar-refractivity contribution is 0.171. The normalized spacial score (nSPS) is 13.3. The molecule has 1 aliphatic rings. The van der Waals surface area contributed by atoms with Crippen LogP contribution in [0.4, 0.5) is 0 Å². The van der Waals surface area contributed by atoms with Crippen molar-refractivity contribution in [3.63, 3.8) is 0 Å². The maximum Gasteiger partial charge on any atom is 0.347 e. The molecule has 110 valence electrons. The molecule has 4 rings (SSSR count). The molecule has 0 spiro atoms. The first-order chi connectivity index (χ1) is 10.7. The first-order valence-electron chi connectivity index (χ1n) is 6.89. The standard InChI is InChI=1S/C17H12O5/c18-16-11-3-1-2-4-12(11)22-17(19)15(16)10-5-6-13-14(9-10)21-8-7-20-13/h1-6,9,18H,7-8H2. The molecule has 1 N–H and O–H groups in total. The molecule has 0 unspecified atom stereocenters. The summed E-state index contributed by atoms with van der Waals surface area (Å²) in [5.41, 5.74) is 0.413. The Morgan fingerprint density at radius 2 is 1.73 bits per heavy atom. The molecule has 0 saturated carbocycles. The van der Waals surface area contributed by atoms with Crippen molar-refractivity contribution in [1.29, 1.82) is 0 Å². The number of fused-ring (bicyclic) bond motifs is 2. The van der Waals surface area contributed by atoms with Crippen LogP contribution in [0.2, 0.25) is 0 Å². The third kappa shape index (κ3) is 1.90. The van der Waals surface area contributed by atoms with Gasteiger partial charge in [-0.15, -0.1) is 0 Å². The van der Waals surface area contributed by atoms with E-state index in [0.29, 0.717) is 41.2 Å². The van der Waals surface area contributed by atoms with Gasteiger partial charge in [-0.05, 0) is 29.8 Å². The van der Waals surface area contributed by atoms with E-state index in [1.807, 2.05) is 0 Å². The lowest BCUT2D eigenvalue weighted by atomic mass is 10.0. The summed E-state index contributed by atoms with van der Waals surface area (Å²) >= 11 is 0. The molecular weight excluding hydrogens is 284 g/mol. The van der Waals surface area contributed by atoms with Crippen LogP contribution in [0.1, 0.15) is 0 Å². The number of hydrogen-bond donors (Lipinski definition) is 1. The molecule has 0 saturated heterocycles. The van der Waals surface area contributed by atoms with Gasteiger partial charge in [-0.3, -0.25) is 0 Å². The van der Waals surface area contributed by atoms with Gasteiger partial charge < -0.3 is 19.0 Å². The van der Waals surface area contributed by atoms with Gasteiger partial charge in [-0.25, -0.2) is 4.79 Å². The van der Waals surface area contributed by atoms with Crippen molar-refractivity contribution in [2.24, 2.45) is 0 Å². The topological polar surface area (TPSA) is 68.9 Å². The highest BCUT2D eigenvalue weighted by atomic mass is 16.6. The maximum atomic E-state index is 12.2. The van der Waals surface area contributed by atoms with E-state index in [0.717, 1.165) is 0 Å². The fourth-order valence-electron chi connectivity index (χ4n) is 2.59. The zero-order valence-corrected chi connectivity index (χ0v) is 11.5. The average molecular weight is 296 g/mol. The lowest BCUT2D eigenvalue weighted by Crippen LogP contribution is -2.15. The molecule has 22 heavy (non-hydrogen) atoms. The highest BCUT2D eigenvalue weighted by Crippen LogP contribution is 2.38. The molecule has 1 aliphatic heterocycles. The Labute approximate surface area is 125 Å². The van der Waals surface area contributed by atoms with Gasteiger partial charge in [0.25, 0.3) is 0 Å². The van der Waals surface area contributed by atoms with Crippen molar-refractivity contribution in [3.05, 3.63) is 52.9 Å². The Morgan fingerprint density at radius 1 is 0.955 bits per heavy atom. The molecular formula is C17H12O5. The molecule has 0 amide bonds. The smallest absolute Gasteiger partial charge is 0.347 e. The van der Waals surface area contributed by atoms with Crippen LogP contribution in [-0.4, -0.2) is 18.3 Å². The van der Waals surface area contributed by atoms with E-state index < -0.39 is 5.63 Å². The minimum absolute atomic E-state index is 0.0940. The second kappa shape index (κ2) is 4.80. The lowest BCUT2D eigenvalue weighted by Gasteiger charge is -2.19. The quantitative estimate of drug-likeness (QED) is 0.699. The van der Waals surface area contributed by atoms with Gasteiger partial charge in [-0.1, -0.05) is 18.2 Å². The first-order valence-corrected chi connectivity index (χ1v) is 6.89. The molecule has 2 heterocycles. The van der Waals surface area contributed by atoms with Crippen molar-refractivity contribution in [2.75, 3.05) is 13.2 Å². The highest BCUT2D eigenvalue weighted by Gasteiger charge is 2.19. The maximum absolute atomic E-state index is 12.2. The SMILES string of the molecule is O=c1oc2ccccc2c(O)c1-c1ccc2c(c1)OCCO2. The third-order valence-electron chi connectivity index (χ3n) is 3.62. The number of aromatic hydroxyl groups is 1. The van der Waals surface area contributed by atoms with Gasteiger partial charge in [0.2, 0.25) is 0 Å². The Kier molecular flexibility index (Phi) is 2.79. The van der Waals surface area contributed by atoms with E-state index in [1.165, 1.54) is 0 Å². The van der Waals surface area contributed by atoms with Crippen molar-refractivity contribution < 1.29 is 19.0 Å². The molecule has 2 aromatic carbocycles. The summed E-state index contributed by atoms with van der Waals surface area (Å²) in [5, 5.41) is 10.9. The van der Waals surface area contributed by atoms with Crippen LogP contribution in [0, 0.1) is 0 Å². The van der Waals surface area contributed by atoms with Crippen molar-refractivity contribution in [2.45, 2.75) is 0 Å². The molecule has 0 bridgehead atoms. The highest BCUT2D eigenvalue weighted by molar-refractivity contribution is 5.90. The molecule has 3 aromatic rings. The van der Waals surface area contributed by atoms with E-state index >= 15 is 0 Å². The summed E-state index contributed by atoms with van der Waals surface area (Å²) in [6.45, 7) is 0.949. The molecule has 0 aliphatic carbocycles. The Balaban J connectivity index is 1.96. The van der Waals surface area contributed by atoms with Gasteiger partial charge in [0, 0.05) is 0 Å². The summed E-state index contributed by atoms with van der Waals surface area (Å²) in [4.78, 5) is 12.2. The Morgan fingerprint density at radius 3 is 2.59 bits per heavy atom. The third-order valence-corrected chi connectivity index (χ3v) is 3.62. The van der Waals surface area contributed by atoms with Crippen LogP contribution in [0.5, 0.6) is 17.2 Å².